The highest BCUT2D eigenvalue weighted by Crippen LogP contribution is 2.36. The average molecular weight is 555 g/mol. The molecule has 10 heteroatoms. The molecule has 2 amide bonds. The van der Waals surface area contributed by atoms with Gasteiger partial charge in [-0.2, -0.15) is 0 Å². The van der Waals surface area contributed by atoms with Crippen molar-refractivity contribution in [1.29, 1.82) is 0 Å². The maximum atomic E-state index is 13.5. The zero-order valence-corrected chi connectivity index (χ0v) is 24.0. The highest BCUT2D eigenvalue weighted by atomic mass is 16.5. The Labute approximate surface area is 236 Å². The summed E-state index contributed by atoms with van der Waals surface area (Å²) in [6.45, 7) is 9.20. The lowest BCUT2D eigenvalue weighted by atomic mass is 9.75. The number of aryl methyl sites for hydroxylation is 2. The minimum Gasteiger partial charge on any atom is -0.467 e. The fourth-order valence-corrected chi connectivity index (χ4v) is 7.46. The molecule has 0 radical (unpaired) electrons. The summed E-state index contributed by atoms with van der Waals surface area (Å²) in [4.78, 5) is 57.1. The third-order valence-corrected chi connectivity index (χ3v) is 9.81. The van der Waals surface area contributed by atoms with Crippen molar-refractivity contribution >= 4 is 23.8 Å². The number of hydrogen-bond donors (Lipinski definition) is 2. The number of ether oxygens (including phenoxy) is 2. The Morgan fingerprint density at radius 1 is 0.700 bits per heavy atom. The van der Waals surface area contributed by atoms with Crippen molar-refractivity contribution in [2.24, 2.45) is 23.7 Å². The summed E-state index contributed by atoms with van der Waals surface area (Å²) in [6, 6.07) is 1.92. The molecule has 0 aromatic heterocycles. The SMILES string of the molecule is COC(=O)C(NC(=O)c1cc(C)c(C(=O)NC(C(=O)OC)C2CN3CCC2CC3)cc1C)C1CN2CCC1CC2. The van der Waals surface area contributed by atoms with Crippen molar-refractivity contribution in [2.75, 3.05) is 53.5 Å². The van der Waals surface area contributed by atoms with Gasteiger partial charge in [-0.3, -0.25) is 9.59 Å². The summed E-state index contributed by atoms with van der Waals surface area (Å²) < 4.78 is 10.2. The molecule has 0 aliphatic carbocycles. The maximum Gasteiger partial charge on any atom is 0.328 e. The number of rotatable bonds is 8. The van der Waals surface area contributed by atoms with E-state index in [1.54, 1.807) is 26.0 Å². The zero-order chi connectivity index (χ0) is 28.6. The summed E-state index contributed by atoms with van der Waals surface area (Å²) in [5, 5.41) is 5.92. The monoisotopic (exact) mass is 554 g/mol. The summed E-state index contributed by atoms with van der Waals surface area (Å²) in [6.07, 6.45) is 4.06. The molecular formula is C30H42N4O6. The molecule has 4 atom stereocenters. The molecule has 40 heavy (non-hydrogen) atoms. The van der Waals surface area contributed by atoms with Gasteiger partial charge in [-0.1, -0.05) is 0 Å². The van der Waals surface area contributed by atoms with Crippen LogP contribution in [0, 0.1) is 37.5 Å². The Kier molecular flexibility index (Phi) is 8.47. The van der Waals surface area contributed by atoms with E-state index in [4.69, 9.17) is 9.47 Å². The van der Waals surface area contributed by atoms with E-state index in [0.717, 1.165) is 65.0 Å². The van der Waals surface area contributed by atoms with E-state index in [1.807, 2.05) is 0 Å². The van der Waals surface area contributed by atoms with Gasteiger partial charge in [0.1, 0.15) is 12.1 Å². The number of nitrogens with zero attached hydrogens (tertiary/aromatic N) is 2. The Hall–Kier alpha value is -2.98. The lowest BCUT2D eigenvalue weighted by molar-refractivity contribution is -0.147. The molecule has 4 bridgehead atoms. The molecule has 7 rings (SSSR count). The standard InChI is InChI=1S/C30H42N4O6/c1-17-13-22(28(36)32-26(30(38)40-4)24-16-34-11-7-20(24)8-12-34)18(2)14-21(17)27(35)31-25(29(37)39-3)23-15-33-9-5-19(23)6-10-33/h13-14,19-20,23-26H,5-12,15-16H2,1-4H3,(H,31,35)(H,32,36). The van der Waals surface area contributed by atoms with Crippen molar-refractivity contribution in [3.05, 3.63) is 34.4 Å². The van der Waals surface area contributed by atoms with Crippen molar-refractivity contribution in [3.63, 3.8) is 0 Å². The third-order valence-electron chi connectivity index (χ3n) is 9.81. The van der Waals surface area contributed by atoms with E-state index >= 15 is 0 Å². The van der Waals surface area contributed by atoms with Crippen LogP contribution in [-0.4, -0.2) is 99.1 Å². The topological polar surface area (TPSA) is 117 Å². The van der Waals surface area contributed by atoms with E-state index < -0.39 is 24.0 Å². The molecular weight excluding hydrogens is 512 g/mol. The smallest absolute Gasteiger partial charge is 0.328 e. The lowest BCUT2D eigenvalue weighted by Crippen LogP contribution is -2.58. The van der Waals surface area contributed by atoms with Gasteiger partial charge in [0, 0.05) is 36.1 Å². The Bertz CT molecular complexity index is 1070. The zero-order valence-electron chi connectivity index (χ0n) is 24.0. The van der Waals surface area contributed by atoms with Crippen molar-refractivity contribution in [3.8, 4) is 0 Å². The minimum atomic E-state index is -0.726. The highest BCUT2D eigenvalue weighted by molar-refractivity contribution is 6.02. The predicted molar refractivity (Wildman–Crippen MR) is 148 cm³/mol. The molecule has 10 nitrogen and oxygen atoms in total. The molecule has 2 N–H and O–H groups in total. The molecule has 4 unspecified atom stereocenters. The number of methoxy groups -OCH3 is 2. The van der Waals surface area contributed by atoms with Gasteiger partial charge in [-0.25, -0.2) is 9.59 Å². The molecule has 6 fully saturated rings. The van der Waals surface area contributed by atoms with Crippen LogP contribution in [0.5, 0.6) is 0 Å². The van der Waals surface area contributed by atoms with Gasteiger partial charge in [-0.05, 0) is 101 Å². The molecule has 0 saturated carbocycles. The fourth-order valence-electron chi connectivity index (χ4n) is 7.46. The Balaban J connectivity index is 1.32. The first kappa shape index (κ1) is 28.5. The second-order valence-electron chi connectivity index (χ2n) is 12.0. The van der Waals surface area contributed by atoms with E-state index in [-0.39, 0.29) is 23.7 Å². The lowest BCUT2D eigenvalue weighted by Gasteiger charge is -2.47. The van der Waals surface area contributed by atoms with Crippen LogP contribution in [0.2, 0.25) is 0 Å². The first-order valence-corrected chi connectivity index (χ1v) is 14.5. The normalized spacial score (nSPS) is 30.2. The van der Waals surface area contributed by atoms with E-state index in [0.29, 0.717) is 34.1 Å². The van der Waals surface area contributed by atoms with E-state index in [1.165, 1.54) is 14.2 Å². The van der Waals surface area contributed by atoms with Gasteiger partial charge in [0.05, 0.1) is 14.2 Å². The minimum absolute atomic E-state index is 0.00647. The second kappa shape index (κ2) is 11.9. The number of piperidine rings is 6. The molecule has 1 aromatic carbocycles. The average Bonchev–Trinajstić information content (AvgIpc) is 2.99. The molecule has 218 valence electrons. The largest absolute Gasteiger partial charge is 0.467 e. The summed E-state index contributed by atoms with van der Waals surface area (Å²) in [5.74, 6) is -0.820. The van der Waals surface area contributed by atoms with E-state index in [2.05, 4.69) is 20.4 Å². The number of esters is 2. The van der Waals surface area contributed by atoms with Crippen LogP contribution in [0.25, 0.3) is 0 Å². The predicted octanol–water partition coefficient (Wildman–Crippen LogP) is 1.53. The molecule has 6 heterocycles. The van der Waals surface area contributed by atoms with Crippen LogP contribution >= 0.6 is 0 Å². The maximum absolute atomic E-state index is 13.5. The number of amides is 2. The van der Waals surface area contributed by atoms with Crippen LogP contribution in [0.3, 0.4) is 0 Å². The van der Waals surface area contributed by atoms with Gasteiger partial charge in [0.25, 0.3) is 11.8 Å². The van der Waals surface area contributed by atoms with Gasteiger partial charge in [-0.15, -0.1) is 0 Å². The van der Waals surface area contributed by atoms with Crippen LogP contribution in [0.4, 0.5) is 0 Å². The van der Waals surface area contributed by atoms with Crippen molar-refractivity contribution < 1.29 is 28.7 Å². The van der Waals surface area contributed by atoms with Crippen LogP contribution in [0.15, 0.2) is 12.1 Å². The quantitative estimate of drug-likeness (QED) is 0.465. The number of carbonyl (C=O) groups is 4. The van der Waals surface area contributed by atoms with Crippen LogP contribution < -0.4 is 10.6 Å². The summed E-state index contributed by atoms with van der Waals surface area (Å²) in [5.41, 5.74) is 2.05. The summed E-state index contributed by atoms with van der Waals surface area (Å²) >= 11 is 0. The van der Waals surface area contributed by atoms with Crippen LogP contribution in [0.1, 0.15) is 57.5 Å². The molecule has 6 saturated heterocycles. The first-order chi connectivity index (χ1) is 19.2. The van der Waals surface area contributed by atoms with Crippen molar-refractivity contribution in [2.45, 2.75) is 51.6 Å². The Morgan fingerprint density at radius 2 is 1.05 bits per heavy atom. The number of hydrogen-bond acceptors (Lipinski definition) is 8. The molecule has 6 aliphatic heterocycles. The summed E-state index contributed by atoms with van der Waals surface area (Å²) in [7, 11) is 2.70. The number of carbonyl (C=O) groups excluding carboxylic acids is 4. The molecule has 6 aliphatic rings. The van der Waals surface area contributed by atoms with Gasteiger partial charge < -0.3 is 29.9 Å². The number of fused-ring (bicyclic) bond motifs is 6. The van der Waals surface area contributed by atoms with Crippen LogP contribution in [-0.2, 0) is 19.1 Å². The Morgan fingerprint density at radius 3 is 1.32 bits per heavy atom. The van der Waals surface area contributed by atoms with Gasteiger partial charge >= 0.3 is 11.9 Å². The highest BCUT2D eigenvalue weighted by Gasteiger charge is 2.44. The van der Waals surface area contributed by atoms with Gasteiger partial charge in [0.15, 0.2) is 0 Å². The first-order valence-electron chi connectivity index (χ1n) is 14.5. The van der Waals surface area contributed by atoms with Crippen molar-refractivity contribution in [1.82, 2.24) is 20.4 Å². The number of nitrogens with one attached hydrogen (secondary N) is 2. The molecule has 1 aromatic rings. The van der Waals surface area contributed by atoms with E-state index in [9.17, 15) is 19.2 Å². The molecule has 0 spiro atoms. The number of benzene rings is 1. The van der Waals surface area contributed by atoms with Gasteiger partial charge in [0.2, 0.25) is 0 Å². The fraction of sp³-hybridized carbons (Fsp3) is 0.667. The third kappa shape index (κ3) is 5.61. The second-order valence-corrected chi connectivity index (χ2v) is 12.0.